The summed E-state index contributed by atoms with van der Waals surface area (Å²) < 4.78 is 13.5. The topological polar surface area (TPSA) is 91.4 Å². The molecule has 3 amide bonds. The molecule has 3 rings (SSSR count). The van der Waals surface area contributed by atoms with Crippen molar-refractivity contribution in [3.05, 3.63) is 46.7 Å². The van der Waals surface area contributed by atoms with E-state index in [0.29, 0.717) is 23.8 Å². The number of anilines is 1. The van der Waals surface area contributed by atoms with E-state index in [9.17, 15) is 18.8 Å². The summed E-state index contributed by atoms with van der Waals surface area (Å²) >= 11 is 1.29. The molecule has 1 aromatic carbocycles. The van der Waals surface area contributed by atoms with Gasteiger partial charge in [-0.05, 0) is 18.6 Å². The van der Waals surface area contributed by atoms with Gasteiger partial charge in [-0.25, -0.2) is 9.37 Å². The van der Waals surface area contributed by atoms with Crippen molar-refractivity contribution in [2.24, 2.45) is 0 Å². The Labute approximate surface area is 146 Å². The summed E-state index contributed by atoms with van der Waals surface area (Å²) in [5.41, 5.74) is 4.72. The molecule has 0 saturated carbocycles. The van der Waals surface area contributed by atoms with Crippen molar-refractivity contribution in [3.8, 4) is 0 Å². The Kier molecular flexibility index (Phi) is 5.03. The fourth-order valence-electron chi connectivity index (χ4n) is 2.40. The highest BCUT2D eigenvalue weighted by molar-refractivity contribution is 7.14. The zero-order chi connectivity index (χ0) is 17.8. The molecule has 1 aliphatic rings. The van der Waals surface area contributed by atoms with E-state index in [1.165, 1.54) is 29.5 Å². The number of amides is 3. The Morgan fingerprint density at radius 1 is 1.28 bits per heavy atom. The number of hydrogen-bond acceptors (Lipinski definition) is 5. The van der Waals surface area contributed by atoms with Gasteiger partial charge in [0, 0.05) is 18.3 Å². The smallest absolute Gasteiger partial charge is 0.272 e. The van der Waals surface area contributed by atoms with E-state index in [-0.39, 0.29) is 17.9 Å². The van der Waals surface area contributed by atoms with Crippen molar-refractivity contribution in [1.82, 2.24) is 15.8 Å². The highest BCUT2D eigenvalue weighted by Crippen LogP contribution is 2.25. The molecule has 1 saturated heterocycles. The van der Waals surface area contributed by atoms with Crippen LogP contribution in [-0.4, -0.2) is 29.3 Å². The average Bonchev–Trinajstić information content (AvgIpc) is 3.21. The molecule has 2 aromatic rings. The van der Waals surface area contributed by atoms with Crippen LogP contribution in [0.5, 0.6) is 0 Å². The first-order valence-electron chi connectivity index (χ1n) is 7.63. The van der Waals surface area contributed by atoms with Crippen LogP contribution in [0.1, 0.15) is 28.9 Å². The number of rotatable bonds is 4. The summed E-state index contributed by atoms with van der Waals surface area (Å²) in [7, 11) is 0. The average molecular weight is 362 g/mol. The summed E-state index contributed by atoms with van der Waals surface area (Å²) in [6.45, 7) is 0.636. The van der Waals surface area contributed by atoms with E-state index in [4.69, 9.17) is 0 Å². The molecule has 0 bridgehead atoms. The van der Waals surface area contributed by atoms with Gasteiger partial charge in [-0.2, -0.15) is 0 Å². The molecule has 0 aliphatic carbocycles. The molecule has 1 aliphatic heterocycles. The zero-order valence-corrected chi connectivity index (χ0v) is 13.9. The lowest BCUT2D eigenvalue weighted by atomic mass is 10.2. The summed E-state index contributed by atoms with van der Waals surface area (Å²) in [5.74, 6) is -1.88. The number of halogens is 1. The summed E-state index contributed by atoms with van der Waals surface area (Å²) in [5, 5.41) is 2.26. The Morgan fingerprint density at radius 2 is 2.08 bits per heavy atom. The second-order valence-electron chi connectivity index (χ2n) is 5.43. The largest absolute Gasteiger partial charge is 0.288 e. The molecular formula is C16H15FN4O3S. The first kappa shape index (κ1) is 17.0. The van der Waals surface area contributed by atoms with E-state index in [0.717, 1.165) is 12.5 Å². The van der Waals surface area contributed by atoms with E-state index >= 15 is 0 Å². The third-order valence-corrected chi connectivity index (χ3v) is 4.53. The van der Waals surface area contributed by atoms with Gasteiger partial charge >= 0.3 is 0 Å². The van der Waals surface area contributed by atoms with Crippen LogP contribution in [0.2, 0.25) is 0 Å². The summed E-state index contributed by atoms with van der Waals surface area (Å²) in [6.07, 6.45) is 1.25. The van der Waals surface area contributed by atoms with Gasteiger partial charge in [0.2, 0.25) is 11.8 Å². The van der Waals surface area contributed by atoms with Crippen molar-refractivity contribution >= 4 is 34.2 Å². The summed E-state index contributed by atoms with van der Waals surface area (Å²) in [4.78, 5) is 41.3. The van der Waals surface area contributed by atoms with E-state index in [1.807, 2.05) is 0 Å². The SMILES string of the molecule is O=C(Cc1csc(N2CCCC2=O)n1)NNC(=O)c1ccccc1F. The number of carbonyl (C=O) groups excluding carboxylic acids is 3. The molecule has 0 atom stereocenters. The lowest BCUT2D eigenvalue weighted by molar-refractivity contribution is -0.121. The third kappa shape index (κ3) is 4.00. The number of hydrogen-bond donors (Lipinski definition) is 2. The molecule has 9 heteroatoms. The maximum absolute atomic E-state index is 13.5. The molecule has 0 radical (unpaired) electrons. The number of nitrogens with zero attached hydrogens (tertiary/aromatic N) is 2. The van der Waals surface area contributed by atoms with Crippen molar-refractivity contribution in [3.63, 3.8) is 0 Å². The first-order chi connectivity index (χ1) is 12.0. The fraction of sp³-hybridized carbons (Fsp3) is 0.250. The Balaban J connectivity index is 1.53. The maximum Gasteiger partial charge on any atom is 0.272 e. The second kappa shape index (κ2) is 7.39. The van der Waals surface area contributed by atoms with Crippen LogP contribution < -0.4 is 15.8 Å². The first-order valence-corrected chi connectivity index (χ1v) is 8.51. The second-order valence-corrected chi connectivity index (χ2v) is 6.27. The predicted octanol–water partition coefficient (Wildman–Crippen LogP) is 1.41. The van der Waals surface area contributed by atoms with Crippen LogP contribution in [0.3, 0.4) is 0 Å². The number of carbonyl (C=O) groups is 3. The van der Waals surface area contributed by atoms with Crippen LogP contribution in [-0.2, 0) is 16.0 Å². The van der Waals surface area contributed by atoms with Crippen LogP contribution >= 0.6 is 11.3 Å². The van der Waals surface area contributed by atoms with E-state index < -0.39 is 17.6 Å². The number of thiazole rings is 1. The Morgan fingerprint density at radius 3 is 2.80 bits per heavy atom. The number of benzene rings is 1. The molecule has 7 nitrogen and oxygen atoms in total. The monoisotopic (exact) mass is 362 g/mol. The Bertz CT molecular complexity index is 823. The van der Waals surface area contributed by atoms with Crippen molar-refractivity contribution in [2.45, 2.75) is 19.3 Å². The molecule has 25 heavy (non-hydrogen) atoms. The standard InChI is InChI=1S/C16H15FN4O3S/c17-12-5-2-1-4-11(12)15(24)20-19-13(22)8-10-9-25-16(18-10)21-7-3-6-14(21)23/h1-2,4-5,9H,3,6-8H2,(H,19,22)(H,20,24). The third-order valence-electron chi connectivity index (χ3n) is 3.62. The van der Waals surface area contributed by atoms with Gasteiger partial charge < -0.3 is 0 Å². The molecule has 2 N–H and O–H groups in total. The highest BCUT2D eigenvalue weighted by atomic mass is 32.1. The molecule has 2 heterocycles. The Hall–Kier alpha value is -2.81. The molecule has 130 valence electrons. The van der Waals surface area contributed by atoms with Gasteiger partial charge in [0.15, 0.2) is 5.13 Å². The minimum absolute atomic E-state index is 0.0301. The van der Waals surface area contributed by atoms with Crippen molar-refractivity contribution in [2.75, 3.05) is 11.4 Å². The minimum atomic E-state index is -0.743. The highest BCUT2D eigenvalue weighted by Gasteiger charge is 2.24. The van der Waals surface area contributed by atoms with Crippen LogP contribution in [0.25, 0.3) is 0 Å². The van der Waals surface area contributed by atoms with Crippen molar-refractivity contribution in [1.29, 1.82) is 0 Å². The van der Waals surface area contributed by atoms with E-state index in [1.54, 1.807) is 10.3 Å². The normalized spacial score (nSPS) is 13.8. The van der Waals surface area contributed by atoms with Gasteiger partial charge in [0.05, 0.1) is 17.7 Å². The van der Waals surface area contributed by atoms with Crippen molar-refractivity contribution < 1.29 is 18.8 Å². The quantitative estimate of drug-likeness (QED) is 0.805. The zero-order valence-electron chi connectivity index (χ0n) is 13.1. The molecule has 1 aromatic heterocycles. The van der Waals surface area contributed by atoms with Gasteiger partial charge in [-0.1, -0.05) is 12.1 Å². The van der Waals surface area contributed by atoms with Gasteiger partial charge in [-0.15, -0.1) is 11.3 Å². The fourth-order valence-corrected chi connectivity index (χ4v) is 3.27. The predicted molar refractivity (Wildman–Crippen MR) is 89.4 cm³/mol. The number of nitrogens with one attached hydrogen (secondary N) is 2. The van der Waals surface area contributed by atoms with Crippen LogP contribution in [0.4, 0.5) is 9.52 Å². The van der Waals surface area contributed by atoms with Gasteiger partial charge in [0.1, 0.15) is 5.82 Å². The summed E-state index contributed by atoms with van der Waals surface area (Å²) in [6, 6.07) is 5.47. The lowest BCUT2D eigenvalue weighted by Gasteiger charge is -2.10. The van der Waals surface area contributed by atoms with Crippen LogP contribution in [0, 0.1) is 5.82 Å². The molecule has 0 unspecified atom stereocenters. The number of aromatic nitrogens is 1. The van der Waals surface area contributed by atoms with Gasteiger partial charge in [0.25, 0.3) is 5.91 Å². The molecule has 0 spiro atoms. The van der Waals surface area contributed by atoms with Crippen LogP contribution in [0.15, 0.2) is 29.6 Å². The number of hydrazine groups is 1. The molecule has 1 fully saturated rings. The maximum atomic E-state index is 13.5. The minimum Gasteiger partial charge on any atom is -0.288 e. The van der Waals surface area contributed by atoms with Gasteiger partial charge in [-0.3, -0.25) is 30.1 Å². The lowest BCUT2D eigenvalue weighted by Crippen LogP contribution is -2.42. The van der Waals surface area contributed by atoms with E-state index in [2.05, 4.69) is 15.8 Å². The molecular weight excluding hydrogens is 347 g/mol.